The van der Waals surface area contributed by atoms with Gasteiger partial charge in [0.25, 0.3) is 8.32 Å². The molecule has 3 aromatic rings. The molecule has 1 aliphatic rings. The lowest BCUT2D eigenvalue weighted by molar-refractivity contribution is -0.144. The lowest BCUT2D eigenvalue weighted by atomic mass is 9.93. The Bertz CT molecular complexity index is 1160. The number of aliphatic carboxylic acids is 1. The van der Waals surface area contributed by atoms with Crippen molar-refractivity contribution in [1.82, 2.24) is 4.90 Å². The van der Waals surface area contributed by atoms with Gasteiger partial charge < -0.3 is 19.2 Å². The Morgan fingerprint density at radius 2 is 1.39 bits per heavy atom. The zero-order valence-electron chi connectivity index (χ0n) is 22.4. The van der Waals surface area contributed by atoms with E-state index in [1.807, 2.05) is 66.7 Å². The molecule has 0 aromatic heterocycles. The Labute approximate surface area is 226 Å². The van der Waals surface area contributed by atoms with Crippen molar-refractivity contribution in [3.63, 3.8) is 0 Å². The van der Waals surface area contributed by atoms with E-state index in [0.29, 0.717) is 19.4 Å². The second kappa shape index (κ2) is 12.0. The first-order chi connectivity index (χ1) is 18.2. The third kappa shape index (κ3) is 6.00. The number of benzene rings is 3. The molecule has 0 spiro atoms. The van der Waals surface area contributed by atoms with E-state index >= 15 is 0 Å². The van der Waals surface area contributed by atoms with Gasteiger partial charge in [0.05, 0.1) is 18.6 Å². The van der Waals surface area contributed by atoms with Gasteiger partial charge in [0, 0.05) is 6.54 Å². The molecular weight excluding hydrogens is 494 g/mol. The van der Waals surface area contributed by atoms with Crippen LogP contribution in [0.1, 0.15) is 39.2 Å². The Balaban J connectivity index is 1.62. The number of nitrogens with zero attached hydrogens (tertiary/aromatic N) is 1. The molecule has 0 radical (unpaired) electrons. The minimum absolute atomic E-state index is 0.109. The van der Waals surface area contributed by atoms with Gasteiger partial charge in [-0.3, -0.25) is 4.79 Å². The first kappa shape index (κ1) is 27.6. The van der Waals surface area contributed by atoms with Crippen molar-refractivity contribution in [2.75, 3.05) is 13.2 Å². The van der Waals surface area contributed by atoms with Crippen LogP contribution in [0.25, 0.3) is 0 Å². The largest absolute Gasteiger partial charge is 0.481 e. The highest BCUT2D eigenvalue weighted by molar-refractivity contribution is 6.99. The minimum atomic E-state index is -2.80. The highest BCUT2D eigenvalue weighted by Gasteiger charge is 2.51. The average molecular weight is 532 g/mol. The van der Waals surface area contributed by atoms with Crippen LogP contribution in [0, 0.1) is 5.92 Å². The standard InChI is InChI=1S/C31H37NO5Si/c1-31(2,3)38(27-15-9-5-10-16-27,28-17-11-6-12-18-28)37-23-26-20-19-25(29(33)34)21-32(26)30(35)36-22-24-13-7-4-8-14-24/h4-18,25-26H,19-23H2,1-3H3,(H,33,34)/t25-,26+/m1/s1. The van der Waals surface area contributed by atoms with Gasteiger partial charge in [-0.25, -0.2) is 4.79 Å². The van der Waals surface area contributed by atoms with Crippen molar-refractivity contribution in [3.05, 3.63) is 96.6 Å². The summed E-state index contributed by atoms with van der Waals surface area (Å²) in [7, 11) is -2.80. The number of hydrogen-bond donors (Lipinski definition) is 1. The van der Waals surface area contributed by atoms with E-state index in [0.717, 1.165) is 15.9 Å². The van der Waals surface area contributed by atoms with Crippen molar-refractivity contribution >= 4 is 30.8 Å². The van der Waals surface area contributed by atoms with Gasteiger partial charge in [-0.1, -0.05) is 112 Å². The SMILES string of the molecule is CC(C)(C)[Si](OC[C@@H]1CC[C@@H](C(=O)O)CN1C(=O)OCc1ccccc1)(c1ccccc1)c1ccccc1. The lowest BCUT2D eigenvalue weighted by Crippen LogP contribution is -2.67. The number of carbonyl (C=O) groups excluding carboxylic acids is 1. The number of carboxylic acid groups (broad SMARTS) is 1. The van der Waals surface area contributed by atoms with Gasteiger partial charge in [0.15, 0.2) is 0 Å². The summed E-state index contributed by atoms with van der Waals surface area (Å²) in [5.74, 6) is -1.51. The van der Waals surface area contributed by atoms with Gasteiger partial charge in [-0.05, 0) is 33.8 Å². The number of hydrogen-bond acceptors (Lipinski definition) is 4. The third-order valence-corrected chi connectivity index (χ3v) is 12.4. The van der Waals surface area contributed by atoms with Gasteiger partial charge in [-0.2, -0.15) is 0 Å². The van der Waals surface area contributed by atoms with E-state index in [1.165, 1.54) is 0 Å². The molecule has 0 bridgehead atoms. The Morgan fingerprint density at radius 3 is 1.89 bits per heavy atom. The molecule has 1 amide bonds. The monoisotopic (exact) mass is 531 g/mol. The Kier molecular flexibility index (Phi) is 8.69. The van der Waals surface area contributed by atoms with Crippen molar-refractivity contribution in [2.24, 2.45) is 5.92 Å². The summed E-state index contributed by atoms with van der Waals surface area (Å²) in [6.07, 6.45) is 0.526. The van der Waals surface area contributed by atoms with E-state index in [1.54, 1.807) is 4.90 Å². The van der Waals surface area contributed by atoms with Crippen molar-refractivity contribution in [1.29, 1.82) is 0 Å². The van der Waals surface area contributed by atoms with Crippen LogP contribution in [0.3, 0.4) is 0 Å². The number of piperidine rings is 1. The number of carbonyl (C=O) groups is 2. The van der Waals surface area contributed by atoms with Gasteiger partial charge in [0.2, 0.25) is 0 Å². The zero-order chi connectivity index (χ0) is 27.2. The molecule has 0 unspecified atom stereocenters. The van der Waals surface area contributed by atoms with E-state index in [4.69, 9.17) is 9.16 Å². The maximum atomic E-state index is 13.3. The van der Waals surface area contributed by atoms with E-state index in [2.05, 4.69) is 45.0 Å². The molecule has 4 rings (SSSR count). The van der Waals surface area contributed by atoms with Crippen LogP contribution in [-0.4, -0.2) is 49.6 Å². The molecule has 200 valence electrons. The van der Waals surface area contributed by atoms with Crippen molar-refractivity contribution in [3.8, 4) is 0 Å². The topological polar surface area (TPSA) is 76.1 Å². The first-order valence-electron chi connectivity index (χ1n) is 13.2. The van der Waals surface area contributed by atoms with Crippen LogP contribution >= 0.6 is 0 Å². The molecule has 1 heterocycles. The molecule has 3 aromatic carbocycles. The maximum Gasteiger partial charge on any atom is 0.410 e. The predicted octanol–water partition coefficient (Wildman–Crippen LogP) is 5.07. The number of ether oxygens (including phenoxy) is 1. The van der Waals surface area contributed by atoms with Crippen LogP contribution in [0.2, 0.25) is 5.04 Å². The van der Waals surface area contributed by atoms with Gasteiger partial charge in [0.1, 0.15) is 6.61 Å². The molecule has 1 fully saturated rings. The summed E-state index contributed by atoms with van der Waals surface area (Å²) in [4.78, 5) is 26.7. The van der Waals surface area contributed by atoms with E-state index < -0.39 is 26.3 Å². The number of amides is 1. The molecule has 7 heteroatoms. The summed E-state index contributed by atoms with van der Waals surface area (Å²) in [5.41, 5.74) is 0.882. The molecule has 0 aliphatic carbocycles. The molecule has 1 N–H and O–H groups in total. The van der Waals surface area contributed by atoms with Crippen molar-refractivity contribution < 1.29 is 23.9 Å². The normalized spacial score (nSPS) is 18.1. The second-order valence-corrected chi connectivity index (χ2v) is 15.2. The highest BCUT2D eigenvalue weighted by Crippen LogP contribution is 2.37. The Morgan fingerprint density at radius 1 is 0.868 bits per heavy atom. The van der Waals surface area contributed by atoms with Gasteiger partial charge >= 0.3 is 12.1 Å². The highest BCUT2D eigenvalue weighted by atomic mass is 28.4. The summed E-state index contributed by atoms with van der Waals surface area (Å²) in [5, 5.41) is 11.8. The van der Waals surface area contributed by atoms with Gasteiger partial charge in [-0.15, -0.1) is 0 Å². The molecular formula is C31H37NO5Si. The molecule has 6 nitrogen and oxygen atoms in total. The maximum absolute atomic E-state index is 13.3. The fraction of sp³-hybridized carbons (Fsp3) is 0.355. The fourth-order valence-electron chi connectivity index (χ4n) is 5.41. The van der Waals surface area contributed by atoms with Crippen LogP contribution in [0.15, 0.2) is 91.0 Å². The predicted molar refractivity (Wildman–Crippen MR) is 151 cm³/mol. The lowest BCUT2D eigenvalue weighted by Gasteiger charge is -2.45. The van der Waals surface area contributed by atoms with Crippen LogP contribution < -0.4 is 10.4 Å². The molecule has 2 atom stereocenters. The minimum Gasteiger partial charge on any atom is -0.481 e. The summed E-state index contributed by atoms with van der Waals surface area (Å²) in [6, 6.07) is 29.9. The number of carboxylic acids is 1. The Hall–Kier alpha value is -3.42. The van der Waals surface area contributed by atoms with Crippen LogP contribution in [0.4, 0.5) is 4.79 Å². The molecule has 38 heavy (non-hydrogen) atoms. The number of rotatable bonds is 8. The first-order valence-corrected chi connectivity index (χ1v) is 15.1. The summed E-state index contributed by atoms with van der Waals surface area (Å²) in [6.45, 7) is 7.19. The van der Waals surface area contributed by atoms with E-state index in [9.17, 15) is 14.7 Å². The smallest absolute Gasteiger partial charge is 0.410 e. The van der Waals surface area contributed by atoms with E-state index in [-0.39, 0.29) is 24.2 Å². The molecule has 1 aliphatic heterocycles. The van der Waals surface area contributed by atoms with Crippen LogP contribution in [-0.2, 0) is 20.6 Å². The summed E-state index contributed by atoms with van der Waals surface area (Å²) < 4.78 is 12.7. The zero-order valence-corrected chi connectivity index (χ0v) is 23.4. The quantitative estimate of drug-likeness (QED) is 0.411. The number of likely N-dealkylation sites (tertiary alicyclic amines) is 1. The molecule has 1 saturated heterocycles. The fourth-order valence-corrected chi connectivity index (χ4v) is 10.0. The van der Waals surface area contributed by atoms with Crippen LogP contribution in [0.5, 0.6) is 0 Å². The average Bonchev–Trinajstić information content (AvgIpc) is 2.93. The molecule has 0 saturated carbocycles. The van der Waals surface area contributed by atoms with Crippen molar-refractivity contribution in [2.45, 2.75) is 51.3 Å². The third-order valence-electron chi connectivity index (χ3n) is 7.40. The summed E-state index contributed by atoms with van der Waals surface area (Å²) >= 11 is 0. The second-order valence-electron chi connectivity index (χ2n) is 10.9.